The molecule has 1 aromatic carbocycles. The summed E-state index contributed by atoms with van der Waals surface area (Å²) in [5.74, 6) is 3.47. The number of hydrogen-bond donors (Lipinski definition) is 2. The zero-order valence-electron chi connectivity index (χ0n) is 18.2. The molecule has 2 aliphatic rings. The summed E-state index contributed by atoms with van der Waals surface area (Å²) in [6.45, 7) is 7.59. The Morgan fingerprint density at radius 2 is 1.90 bits per heavy atom. The van der Waals surface area contributed by atoms with Crippen LogP contribution in [0.2, 0.25) is 0 Å². The molecule has 4 rings (SSSR count). The summed E-state index contributed by atoms with van der Waals surface area (Å²) in [4.78, 5) is 7.25. The van der Waals surface area contributed by atoms with E-state index in [-0.39, 0.29) is 0 Å². The average molecular weight is 427 g/mol. The zero-order valence-corrected chi connectivity index (χ0v) is 18.2. The number of para-hydroxylation sites is 1. The number of ether oxygens (including phenoxy) is 2. The topological polar surface area (TPSA) is 71.3 Å². The van der Waals surface area contributed by atoms with Crippen molar-refractivity contribution in [2.24, 2.45) is 10.9 Å². The molecule has 2 aromatic rings. The molecule has 2 heterocycles. The number of guanidine groups is 1. The minimum atomic E-state index is 0.578. The molecule has 0 unspecified atom stereocenters. The molecule has 1 aliphatic carbocycles. The standard InChI is InChI=1S/C24H34N4O3/c1-2-6-23(31-19-20-7-8-20)21(4-1)18-27-24(25-10-9-22-5-3-15-30-22)26-11-12-28-13-16-29-17-14-28/h1-6,15,20H,7-14,16-19H2,(H2,25,26,27). The second kappa shape index (κ2) is 11.8. The van der Waals surface area contributed by atoms with Gasteiger partial charge in [-0.3, -0.25) is 4.90 Å². The summed E-state index contributed by atoms with van der Waals surface area (Å²) in [6.07, 6.45) is 5.11. The average Bonchev–Trinajstić information content (AvgIpc) is 3.50. The maximum atomic E-state index is 6.04. The first-order chi connectivity index (χ1) is 15.4. The molecule has 7 nitrogen and oxygen atoms in total. The Labute approximate surface area is 184 Å². The summed E-state index contributed by atoms with van der Waals surface area (Å²) in [5, 5.41) is 6.92. The largest absolute Gasteiger partial charge is 0.493 e. The summed E-state index contributed by atoms with van der Waals surface area (Å²) in [6, 6.07) is 12.1. The predicted octanol–water partition coefficient (Wildman–Crippen LogP) is 2.68. The molecule has 1 saturated heterocycles. The highest BCUT2D eigenvalue weighted by atomic mass is 16.5. The summed E-state index contributed by atoms with van der Waals surface area (Å²) < 4.78 is 16.9. The van der Waals surface area contributed by atoms with Crippen molar-refractivity contribution < 1.29 is 13.9 Å². The van der Waals surface area contributed by atoms with Crippen LogP contribution in [0.4, 0.5) is 0 Å². The van der Waals surface area contributed by atoms with Gasteiger partial charge in [0.15, 0.2) is 5.96 Å². The van der Waals surface area contributed by atoms with Gasteiger partial charge in [0, 0.05) is 44.7 Å². The van der Waals surface area contributed by atoms with Gasteiger partial charge in [-0.15, -0.1) is 0 Å². The Bertz CT molecular complexity index is 799. The van der Waals surface area contributed by atoms with E-state index in [0.29, 0.717) is 6.54 Å². The Morgan fingerprint density at radius 3 is 2.71 bits per heavy atom. The minimum Gasteiger partial charge on any atom is -0.493 e. The molecule has 0 atom stereocenters. The van der Waals surface area contributed by atoms with Crippen LogP contribution in [-0.2, 0) is 17.7 Å². The van der Waals surface area contributed by atoms with Crippen LogP contribution in [0.5, 0.6) is 5.75 Å². The molecule has 0 bridgehead atoms. The number of hydrogen-bond acceptors (Lipinski definition) is 5. The molecule has 1 aliphatic heterocycles. The van der Waals surface area contributed by atoms with Crippen LogP contribution in [0.15, 0.2) is 52.1 Å². The van der Waals surface area contributed by atoms with Crippen molar-refractivity contribution in [2.75, 3.05) is 52.5 Å². The fraction of sp³-hybridized carbons (Fsp3) is 0.542. The first-order valence-corrected chi connectivity index (χ1v) is 11.4. The van der Waals surface area contributed by atoms with Gasteiger partial charge in [0.2, 0.25) is 0 Å². The lowest BCUT2D eigenvalue weighted by molar-refractivity contribution is 0.0389. The van der Waals surface area contributed by atoms with Crippen LogP contribution < -0.4 is 15.4 Å². The van der Waals surface area contributed by atoms with Crippen molar-refractivity contribution in [3.8, 4) is 5.75 Å². The Balaban J connectivity index is 1.31. The van der Waals surface area contributed by atoms with Crippen LogP contribution >= 0.6 is 0 Å². The summed E-state index contributed by atoms with van der Waals surface area (Å²) in [7, 11) is 0. The lowest BCUT2D eigenvalue weighted by Gasteiger charge is -2.26. The summed E-state index contributed by atoms with van der Waals surface area (Å²) >= 11 is 0. The number of nitrogens with one attached hydrogen (secondary N) is 2. The van der Waals surface area contributed by atoms with E-state index in [1.807, 2.05) is 30.3 Å². The van der Waals surface area contributed by atoms with Gasteiger partial charge in [-0.25, -0.2) is 4.99 Å². The Kier molecular flexibility index (Phi) is 8.24. The maximum Gasteiger partial charge on any atom is 0.191 e. The van der Waals surface area contributed by atoms with Crippen LogP contribution in [0.25, 0.3) is 0 Å². The molecular formula is C24H34N4O3. The van der Waals surface area contributed by atoms with E-state index >= 15 is 0 Å². The van der Waals surface area contributed by atoms with Crippen LogP contribution in [0, 0.1) is 5.92 Å². The van der Waals surface area contributed by atoms with Gasteiger partial charge >= 0.3 is 0 Å². The molecule has 168 valence electrons. The van der Waals surface area contributed by atoms with E-state index in [2.05, 4.69) is 21.6 Å². The van der Waals surface area contributed by atoms with E-state index in [0.717, 1.165) is 87.9 Å². The third-order valence-electron chi connectivity index (χ3n) is 5.62. The molecular weight excluding hydrogens is 392 g/mol. The molecule has 0 amide bonds. The fourth-order valence-electron chi connectivity index (χ4n) is 3.52. The summed E-state index contributed by atoms with van der Waals surface area (Å²) in [5.41, 5.74) is 1.11. The van der Waals surface area contributed by atoms with Gasteiger partial charge in [-0.05, 0) is 37.0 Å². The van der Waals surface area contributed by atoms with E-state index in [9.17, 15) is 0 Å². The Hall–Kier alpha value is -2.51. The van der Waals surface area contributed by atoms with Gasteiger partial charge in [0.05, 0.1) is 32.6 Å². The lowest BCUT2D eigenvalue weighted by Crippen LogP contribution is -2.44. The van der Waals surface area contributed by atoms with Crippen LogP contribution in [0.1, 0.15) is 24.2 Å². The second-order valence-corrected chi connectivity index (χ2v) is 8.16. The van der Waals surface area contributed by atoms with E-state index in [1.54, 1.807) is 6.26 Å². The lowest BCUT2D eigenvalue weighted by atomic mass is 10.2. The van der Waals surface area contributed by atoms with E-state index in [4.69, 9.17) is 18.9 Å². The maximum absolute atomic E-state index is 6.04. The quantitative estimate of drug-likeness (QED) is 0.425. The number of nitrogens with zero attached hydrogens (tertiary/aromatic N) is 2. The number of morpholine rings is 1. The highest BCUT2D eigenvalue weighted by Gasteiger charge is 2.22. The number of benzene rings is 1. The first kappa shape index (κ1) is 21.7. The Morgan fingerprint density at radius 1 is 1.06 bits per heavy atom. The van der Waals surface area contributed by atoms with E-state index < -0.39 is 0 Å². The van der Waals surface area contributed by atoms with Crippen molar-refractivity contribution >= 4 is 5.96 Å². The highest BCUT2D eigenvalue weighted by molar-refractivity contribution is 5.79. The zero-order chi connectivity index (χ0) is 21.1. The van der Waals surface area contributed by atoms with Crippen LogP contribution in [-0.4, -0.2) is 63.4 Å². The SMILES string of the molecule is c1coc(CCNC(=NCc2ccccc2OCC2CC2)NCCN2CCOCC2)c1. The van der Waals surface area contributed by atoms with Crippen molar-refractivity contribution in [1.82, 2.24) is 15.5 Å². The number of furan rings is 1. The fourth-order valence-corrected chi connectivity index (χ4v) is 3.52. The van der Waals surface area contributed by atoms with Crippen molar-refractivity contribution in [3.05, 3.63) is 54.0 Å². The monoisotopic (exact) mass is 426 g/mol. The van der Waals surface area contributed by atoms with Gasteiger partial charge in [0.25, 0.3) is 0 Å². The third kappa shape index (κ3) is 7.60. The van der Waals surface area contributed by atoms with Crippen molar-refractivity contribution in [3.63, 3.8) is 0 Å². The van der Waals surface area contributed by atoms with Gasteiger partial charge in [-0.1, -0.05) is 18.2 Å². The minimum absolute atomic E-state index is 0.578. The molecule has 0 radical (unpaired) electrons. The highest BCUT2D eigenvalue weighted by Crippen LogP contribution is 2.30. The molecule has 0 spiro atoms. The van der Waals surface area contributed by atoms with Gasteiger partial charge < -0.3 is 24.5 Å². The second-order valence-electron chi connectivity index (χ2n) is 8.16. The van der Waals surface area contributed by atoms with Crippen molar-refractivity contribution in [1.29, 1.82) is 0 Å². The van der Waals surface area contributed by atoms with Gasteiger partial charge in [0.1, 0.15) is 11.5 Å². The van der Waals surface area contributed by atoms with E-state index in [1.165, 1.54) is 12.8 Å². The third-order valence-corrected chi connectivity index (χ3v) is 5.62. The van der Waals surface area contributed by atoms with Crippen molar-refractivity contribution in [2.45, 2.75) is 25.8 Å². The predicted molar refractivity (Wildman–Crippen MR) is 121 cm³/mol. The molecule has 31 heavy (non-hydrogen) atoms. The molecule has 2 N–H and O–H groups in total. The number of rotatable bonds is 11. The normalized spacial score (nSPS) is 17.5. The molecule has 1 aromatic heterocycles. The molecule has 1 saturated carbocycles. The number of aliphatic imine (C=N–C) groups is 1. The molecule has 2 fully saturated rings. The first-order valence-electron chi connectivity index (χ1n) is 11.4. The molecule has 7 heteroatoms. The smallest absolute Gasteiger partial charge is 0.191 e. The van der Waals surface area contributed by atoms with Gasteiger partial charge in [-0.2, -0.15) is 0 Å². The van der Waals surface area contributed by atoms with Crippen LogP contribution in [0.3, 0.4) is 0 Å².